The number of hydrogen-bond donors (Lipinski definition) is 3. The van der Waals surface area contributed by atoms with Crippen molar-refractivity contribution in [2.75, 3.05) is 6.54 Å². The van der Waals surface area contributed by atoms with Gasteiger partial charge in [-0.3, -0.25) is 0 Å². The van der Waals surface area contributed by atoms with E-state index < -0.39 is 0 Å². The first kappa shape index (κ1) is 17.5. The molecule has 0 fully saturated rings. The van der Waals surface area contributed by atoms with Gasteiger partial charge in [0.1, 0.15) is 0 Å². The van der Waals surface area contributed by atoms with Gasteiger partial charge in [0.2, 0.25) is 0 Å². The average molecular weight is 331 g/mol. The van der Waals surface area contributed by atoms with Crippen molar-refractivity contribution in [3.63, 3.8) is 0 Å². The van der Waals surface area contributed by atoms with Gasteiger partial charge in [-0.05, 0) is 36.6 Å². The van der Waals surface area contributed by atoms with E-state index >= 15 is 0 Å². The van der Waals surface area contributed by atoms with Crippen LogP contribution in [0.4, 0.5) is 0 Å². The molecule has 124 valence electrons. The molecule has 2 aromatic rings. The van der Waals surface area contributed by atoms with Crippen LogP contribution in [0.15, 0.2) is 41.4 Å². The van der Waals surface area contributed by atoms with Gasteiger partial charge in [-0.1, -0.05) is 31.2 Å². The molecule has 0 aliphatic heterocycles. The minimum absolute atomic E-state index is 0.0463. The molecule has 0 bridgehead atoms. The Labute approximate surface area is 142 Å². The first-order chi connectivity index (χ1) is 11.3. The van der Waals surface area contributed by atoms with E-state index in [4.69, 9.17) is 0 Å². The molecule has 0 atom stereocenters. The van der Waals surface area contributed by atoms with E-state index in [1.165, 1.54) is 9.75 Å². The highest BCUT2D eigenvalue weighted by atomic mass is 32.1. The number of aliphatic imine (C=N–C) groups is 1. The number of rotatable bonds is 7. The van der Waals surface area contributed by atoms with Crippen molar-refractivity contribution in [3.05, 3.63) is 57.3 Å². The predicted molar refractivity (Wildman–Crippen MR) is 97.7 cm³/mol. The SMILES string of the molecule is CCNC(=NCc1ccccc1CO)NCc1ccc(CC)s1. The number of guanidine groups is 1. The average Bonchev–Trinajstić information content (AvgIpc) is 3.05. The normalized spacial score (nSPS) is 11.5. The van der Waals surface area contributed by atoms with Gasteiger partial charge in [0.25, 0.3) is 0 Å². The van der Waals surface area contributed by atoms with Gasteiger partial charge >= 0.3 is 0 Å². The summed E-state index contributed by atoms with van der Waals surface area (Å²) in [6.45, 7) is 6.42. The molecule has 2 rings (SSSR count). The van der Waals surface area contributed by atoms with Gasteiger partial charge in [0.15, 0.2) is 5.96 Å². The van der Waals surface area contributed by atoms with Crippen molar-refractivity contribution in [2.45, 2.75) is 40.0 Å². The highest BCUT2D eigenvalue weighted by Crippen LogP contribution is 2.16. The summed E-state index contributed by atoms with van der Waals surface area (Å²) < 4.78 is 0. The molecule has 4 nitrogen and oxygen atoms in total. The van der Waals surface area contributed by atoms with Crippen molar-refractivity contribution in [1.29, 1.82) is 0 Å². The lowest BCUT2D eigenvalue weighted by atomic mass is 10.1. The van der Waals surface area contributed by atoms with Crippen molar-refractivity contribution < 1.29 is 5.11 Å². The van der Waals surface area contributed by atoms with Crippen LogP contribution in [0, 0.1) is 0 Å². The first-order valence-corrected chi connectivity index (χ1v) is 8.85. The maximum Gasteiger partial charge on any atom is 0.191 e. The summed E-state index contributed by atoms with van der Waals surface area (Å²) in [5, 5.41) is 16.0. The molecule has 3 N–H and O–H groups in total. The van der Waals surface area contributed by atoms with Crippen LogP contribution in [0.1, 0.15) is 34.7 Å². The van der Waals surface area contributed by atoms with E-state index in [2.05, 4.69) is 41.6 Å². The molecule has 1 aromatic heterocycles. The lowest BCUT2D eigenvalue weighted by Crippen LogP contribution is -2.36. The molecule has 0 spiro atoms. The lowest BCUT2D eigenvalue weighted by Gasteiger charge is -2.11. The Hall–Kier alpha value is -1.85. The van der Waals surface area contributed by atoms with Crippen molar-refractivity contribution in [3.8, 4) is 0 Å². The number of aryl methyl sites for hydroxylation is 1. The van der Waals surface area contributed by atoms with Crippen LogP contribution < -0.4 is 10.6 Å². The van der Waals surface area contributed by atoms with E-state index in [1.807, 2.05) is 35.6 Å². The zero-order valence-corrected chi connectivity index (χ0v) is 14.6. The lowest BCUT2D eigenvalue weighted by molar-refractivity contribution is 0.280. The molecular formula is C18H25N3OS. The maximum atomic E-state index is 9.39. The first-order valence-electron chi connectivity index (χ1n) is 8.04. The standard InChI is InChI=1S/C18H25N3OS/c1-3-16-9-10-17(23-16)12-21-18(19-4-2)20-11-14-7-5-6-8-15(14)13-22/h5-10,22H,3-4,11-13H2,1-2H3,(H2,19,20,21). The summed E-state index contributed by atoms with van der Waals surface area (Å²) in [5.74, 6) is 0.798. The third-order valence-electron chi connectivity index (χ3n) is 3.54. The minimum atomic E-state index is 0.0463. The Morgan fingerprint density at radius 2 is 1.78 bits per heavy atom. The van der Waals surface area contributed by atoms with Gasteiger partial charge in [-0.25, -0.2) is 4.99 Å². The van der Waals surface area contributed by atoms with Gasteiger partial charge in [0.05, 0.1) is 19.7 Å². The molecule has 5 heteroatoms. The second-order valence-electron chi connectivity index (χ2n) is 5.20. The summed E-state index contributed by atoms with van der Waals surface area (Å²) in [5.41, 5.74) is 1.98. The number of benzene rings is 1. The number of thiophene rings is 1. The van der Waals surface area contributed by atoms with Gasteiger partial charge < -0.3 is 15.7 Å². The highest BCUT2D eigenvalue weighted by molar-refractivity contribution is 7.11. The van der Waals surface area contributed by atoms with Crippen LogP contribution in [-0.4, -0.2) is 17.6 Å². The number of hydrogen-bond acceptors (Lipinski definition) is 3. The Morgan fingerprint density at radius 1 is 1.04 bits per heavy atom. The Balaban J connectivity index is 1.99. The molecular weight excluding hydrogens is 306 g/mol. The summed E-state index contributed by atoms with van der Waals surface area (Å²) in [6.07, 6.45) is 1.08. The number of aliphatic hydroxyl groups excluding tert-OH is 1. The molecule has 0 saturated heterocycles. The molecule has 0 aliphatic carbocycles. The zero-order chi connectivity index (χ0) is 16.5. The molecule has 1 aromatic carbocycles. The van der Waals surface area contributed by atoms with Crippen molar-refractivity contribution >= 4 is 17.3 Å². The fraction of sp³-hybridized carbons (Fsp3) is 0.389. The fourth-order valence-electron chi connectivity index (χ4n) is 2.25. The molecule has 0 radical (unpaired) electrons. The van der Waals surface area contributed by atoms with E-state index in [-0.39, 0.29) is 6.61 Å². The molecule has 23 heavy (non-hydrogen) atoms. The molecule has 0 saturated carbocycles. The summed E-state index contributed by atoms with van der Waals surface area (Å²) in [7, 11) is 0. The van der Waals surface area contributed by atoms with Crippen molar-refractivity contribution in [2.24, 2.45) is 4.99 Å². The third kappa shape index (κ3) is 5.37. The van der Waals surface area contributed by atoms with Crippen LogP contribution in [0.5, 0.6) is 0 Å². The smallest absolute Gasteiger partial charge is 0.191 e. The molecule has 0 aliphatic rings. The monoisotopic (exact) mass is 331 g/mol. The maximum absolute atomic E-state index is 9.39. The molecule has 1 heterocycles. The summed E-state index contributed by atoms with van der Waals surface area (Å²) >= 11 is 1.84. The number of nitrogens with one attached hydrogen (secondary N) is 2. The van der Waals surface area contributed by atoms with Crippen molar-refractivity contribution in [1.82, 2.24) is 10.6 Å². The van der Waals surface area contributed by atoms with Gasteiger partial charge in [-0.15, -0.1) is 11.3 Å². The number of nitrogens with zero attached hydrogens (tertiary/aromatic N) is 1. The van der Waals surface area contributed by atoms with Crippen LogP contribution in [0.2, 0.25) is 0 Å². The minimum Gasteiger partial charge on any atom is -0.392 e. The molecule has 0 unspecified atom stereocenters. The second kappa shape index (κ2) is 9.33. The van der Waals surface area contributed by atoms with Crippen LogP contribution in [-0.2, 0) is 26.1 Å². The predicted octanol–water partition coefficient (Wildman–Crippen LogP) is 3.06. The fourth-order valence-corrected chi connectivity index (χ4v) is 3.15. The van der Waals surface area contributed by atoms with E-state index in [1.54, 1.807) is 0 Å². The topological polar surface area (TPSA) is 56.7 Å². The van der Waals surface area contributed by atoms with Crippen LogP contribution >= 0.6 is 11.3 Å². The van der Waals surface area contributed by atoms with Crippen LogP contribution in [0.25, 0.3) is 0 Å². The van der Waals surface area contributed by atoms with Gasteiger partial charge in [0, 0.05) is 16.3 Å². The second-order valence-corrected chi connectivity index (χ2v) is 6.45. The summed E-state index contributed by atoms with van der Waals surface area (Å²) in [6, 6.07) is 12.2. The largest absolute Gasteiger partial charge is 0.392 e. The summed E-state index contributed by atoms with van der Waals surface area (Å²) in [4.78, 5) is 7.33. The Kier molecular flexibility index (Phi) is 7.10. The highest BCUT2D eigenvalue weighted by Gasteiger charge is 2.03. The third-order valence-corrected chi connectivity index (χ3v) is 4.77. The van der Waals surface area contributed by atoms with E-state index in [0.29, 0.717) is 6.54 Å². The Morgan fingerprint density at radius 3 is 2.43 bits per heavy atom. The van der Waals surface area contributed by atoms with Gasteiger partial charge in [-0.2, -0.15) is 0 Å². The Bertz CT molecular complexity index is 637. The molecule has 0 amide bonds. The van der Waals surface area contributed by atoms with E-state index in [9.17, 15) is 5.11 Å². The van der Waals surface area contributed by atoms with E-state index in [0.717, 1.165) is 36.6 Å². The van der Waals surface area contributed by atoms with Crippen LogP contribution in [0.3, 0.4) is 0 Å². The zero-order valence-electron chi connectivity index (χ0n) is 13.8. The number of aliphatic hydroxyl groups is 1. The quantitative estimate of drug-likeness (QED) is 0.540.